The minimum absolute atomic E-state index is 0.0431. The number of ether oxygens (including phenoxy) is 3. The Morgan fingerprint density at radius 3 is 2.31 bits per heavy atom. The number of rotatable bonds is 10. The molecule has 0 aromatic heterocycles. The number of methoxy groups -OCH3 is 2. The zero-order valence-electron chi connectivity index (χ0n) is 20.5. The van der Waals surface area contributed by atoms with Gasteiger partial charge in [-0.3, -0.25) is 9.10 Å². The highest BCUT2D eigenvalue weighted by atomic mass is 32.2. The van der Waals surface area contributed by atoms with Crippen LogP contribution in [0.2, 0.25) is 0 Å². The van der Waals surface area contributed by atoms with Gasteiger partial charge in [-0.15, -0.1) is 0 Å². The molecule has 2 aromatic rings. The first kappa shape index (κ1) is 26.3. The molecule has 35 heavy (non-hydrogen) atoms. The van der Waals surface area contributed by atoms with E-state index in [1.54, 1.807) is 24.3 Å². The van der Waals surface area contributed by atoms with E-state index in [1.807, 2.05) is 14.0 Å². The number of likely N-dealkylation sites (tertiary alicyclic amines) is 1. The van der Waals surface area contributed by atoms with Crippen LogP contribution in [0.25, 0.3) is 0 Å². The first-order valence-corrected chi connectivity index (χ1v) is 12.7. The van der Waals surface area contributed by atoms with E-state index in [9.17, 15) is 13.2 Å². The molecular formula is C24H32N4O6S. The lowest BCUT2D eigenvalue weighted by atomic mass is 10.1. The van der Waals surface area contributed by atoms with Gasteiger partial charge in [0.05, 0.1) is 31.4 Å². The van der Waals surface area contributed by atoms with E-state index in [2.05, 4.69) is 15.4 Å². The van der Waals surface area contributed by atoms with Crippen LogP contribution >= 0.6 is 0 Å². The van der Waals surface area contributed by atoms with Crippen LogP contribution < -0.4 is 23.9 Å². The SMILES string of the molecule is CCOc1ccc(N(CC(=O)NN=C2CCN(C)CC2)S(=O)(=O)c2ccc(OC)c(OC)c2)cc1. The van der Waals surface area contributed by atoms with Gasteiger partial charge in [-0.25, -0.2) is 13.8 Å². The number of sulfonamides is 1. The monoisotopic (exact) mass is 504 g/mol. The Morgan fingerprint density at radius 1 is 1.06 bits per heavy atom. The van der Waals surface area contributed by atoms with Gasteiger partial charge in [-0.1, -0.05) is 0 Å². The summed E-state index contributed by atoms with van der Waals surface area (Å²) >= 11 is 0. The fourth-order valence-electron chi connectivity index (χ4n) is 3.59. The number of hydrogen-bond acceptors (Lipinski definition) is 8. The molecule has 1 aliphatic heterocycles. The van der Waals surface area contributed by atoms with Crippen molar-refractivity contribution in [2.75, 3.05) is 51.8 Å². The van der Waals surface area contributed by atoms with Gasteiger partial charge in [-0.05, 0) is 50.4 Å². The van der Waals surface area contributed by atoms with Crippen molar-refractivity contribution in [1.82, 2.24) is 10.3 Å². The molecule has 1 N–H and O–H groups in total. The standard InChI is InChI=1S/C24H32N4O6S/c1-5-34-20-8-6-19(7-9-20)28(17-24(29)26-25-18-12-14-27(2)15-13-18)35(30,31)21-10-11-22(32-3)23(16-21)33-4/h6-11,16H,5,12-15,17H2,1-4H3,(H,26,29). The van der Waals surface area contributed by atoms with Crippen molar-refractivity contribution in [3.8, 4) is 17.2 Å². The summed E-state index contributed by atoms with van der Waals surface area (Å²) in [4.78, 5) is 14.9. The third kappa shape index (κ3) is 6.64. The minimum Gasteiger partial charge on any atom is -0.494 e. The van der Waals surface area contributed by atoms with E-state index in [-0.39, 0.29) is 10.6 Å². The average molecular weight is 505 g/mol. The van der Waals surface area contributed by atoms with Crippen LogP contribution in [0.4, 0.5) is 5.69 Å². The van der Waals surface area contributed by atoms with E-state index in [4.69, 9.17) is 14.2 Å². The van der Waals surface area contributed by atoms with Gasteiger partial charge < -0.3 is 19.1 Å². The second-order valence-electron chi connectivity index (χ2n) is 7.97. The van der Waals surface area contributed by atoms with Crippen LogP contribution in [0.1, 0.15) is 19.8 Å². The first-order valence-electron chi connectivity index (χ1n) is 11.3. The lowest BCUT2D eigenvalue weighted by molar-refractivity contribution is -0.119. The molecule has 1 aliphatic rings. The molecule has 0 radical (unpaired) electrons. The number of nitrogens with zero attached hydrogens (tertiary/aromatic N) is 3. The molecule has 1 saturated heterocycles. The number of hydrogen-bond donors (Lipinski definition) is 1. The highest BCUT2D eigenvalue weighted by Gasteiger charge is 2.28. The van der Waals surface area contributed by atoms with Crippen LogP contribution in [0, 0.1) is 0 Å². The molecule has 0 unspecified atom stereocenters. The summed E-state index contributed by atoms with van der Waals surface area (Å²) < 4.78 is 44.3. The highest BCUT2D eigenvalue weighted by Crippen LogP contribution is 2.32. The molecule has 190 valence electrons. The number of hydrazone groups is 1. The smallest absolute Gasteiger partial charge is 0.264 e. The zero-order valence-corrected chi connectivity index (χ0v) is 21.3. The van der Waals surface area contributed by atoms with E-state index in [0.717, 1.165) is 35.9 Å². The van der Waals surface area contributed by atoms with Gasteiger partial charge in [-0.2, -0.15) is 5.10 Å². The molecule has 3 rings (SSSR count). The van der Waals surface area contributed by atoms with Crippen molar-refractivity contribution < 1.29 is 27.4 Å². The highest BCUT2D eigenvalue weighted by molar-refractivity contribution is 7.92. The number of carbonyl (C=O) groups excluding carboxylic acids is 1. The molecular weight excluding hydrogens is 472 g/mol. The number of piperidine rings is 1. The van der Waals surface area contributed by atoms with E-state index in [0.29, 0.717) is 23.8 Å². The summed E-state index contributed by atoms with van der Waals surface area (Å²) in [6, 6.07) is 10.8. The minimum atomic E-state index is -4.14. The lowest BCUT2D eigenvalue weighted by Gasteiger charge is -2.25. The Hall–Kier alpha value is -3.31. The molecule has 0 atom stereocenters. The van der Waals surface area contributed by atoms with Crippen molar-refractivity contribution in [3.05, 3.63) is 42.5 Å². The molecule has 0 spiro atoms. The molecule has 2 aromatic carbocycles. The summed E-state index contributed by atoms with van der Waals surface area (Å²) in [6.45, 7) is 3.60. The van der Waals surface area contributed by atoms with Gasteiger partial charge in [0.2, 0.25) is 0 Å². The largest absolute Gasteiger partial charge is 0.494 e. The average Bonchev–Trinajstić information content (AvgIpc) is 2.87. The fraction of sp³-hybridized carbons (Fsp3) is 0.417. The van der Waals surface area contributed by atoms with Crippen molar-refractivity contribution in [2.24, 2.45) is 5.10 Å². The first-order chi connectivity index (χ1) is 16.8. The van der Waals surface area contributed by atoms with Crippen molar-refractivity contribution in [2.45, 2.75) is 24.7 Å². The number of anilines is 1. The van der Waals surface area contributed by atoms with Crippen molar-refractivity contribution in [1.29, 1.82) is 0 Å². The van der Waals surface area contributed by atoms with Crippen LogP contribution in [0.5, 0.6) is 17.2 Å². The van der Waals surface area contributed by atoms with Gasteiger partial charge >= 0.3 is 0 Å². The summed E-state index contributed by atoms with van der Waals surface area (Å²) in [5, 5.41) is 4.22. The second kappa shape index (κ2) is 11.9. The third-order valence-corrected chi connectivity index (χ3v) is 7.34. The molecule has 0 bridgehead atoms. The van der Waals surface area contributed by atoms with Gasteiger partial charge in [0.1, 0.15) is 12.3 Å². The predicted octanol–water partition coefficient (Wildman–Crippen LogP) is 2.50. The molecule has 1 amide bonds. The normalized spacial score (nSPS) is 14.2. The van der Waals surface area contributed by atoms with Crippen LogP contribution in [-0.4, -0.2) is 72.4 Å². The number of carbonyl (C=O) groups is 1. The van der Waals surface area contributed by atoms with Crippen LogP contribution in [0.15, 0.2) is 52.5 Å². The Balaban J connectivity index is 1.90. The predicted molar refractivity (Wildman–Crippen MR) is 134 cm³/mol. The molecule has 0 aliphatic carbocycles. The van der Waals surface area contributed by atoms with Gasteiger partial charge in [0.15, 0.2) is 11.5 Å². The zero-order chi connectivity index (χ0) is 25.4. The second-order valence-corrected chi connectivity index (χ2v) is 9.83. The van der Waals surface area contributed by atoms with E-state index >= 15 is 0 Å². The molecule has 11 heteroatoms. The maximum Gasteiger partial charge on any atom is 0.264 e. The molecule has 10 nitrogen and oxygen atoms in total. The maximum atomic E-state index is 13.7. The van der Waals surface area contributed by atoms with Crippen molar-refractivity contribution >= 4 is 27.3 Å². The van der Waals surface area contributed by atoms with Crippen LogP contribution in [0.3, 0.4) is 0 Å². The number of nitrogens with one attached hydrogen (secondary N) is 1. The number of amides is 1. The number of benzene rings is 2. The third-order valence-electron chi connectivity index (χ3n) is 5.57. The topological polar surface area (TPSA) is 110 Å². The molecule has 1 fully saturated rings. The summed E-state index contributed by atoms with van der Waals surface area (Å²) in [5.74, 6) is 0.705. The van der Waals surface area contributed by atoms with E-state index < -0.39 is 22.5 Å². The lowest BCUT2D eigenvalue weighted by Crippen LogP contribution is -2.40. The summed E-state index contributed by atoms with van der Waals surface area (Å²) in [6.07, 6.45) is 1.51. The van der Waals surface area contributed by atoms with Crippen LogP contribution in [-0.2, 0) is 14.8 Å². The maximum absolute atomic E-state index is 13.7. The summed E-state index contributed by atoms with van der Waals surface area (Å²) in [7, 11) is 0.781. The Bertz CT molecular complexity index is 1140. The Labute approximate surface area is 206 Å². The quantitative estimate of drug-likeness (QED) is 0.495. The van der Waals surface area contributed by atoms with Crippen molar-refractivity contribution in [3.63, 3.8) is 0 Å². The molecule has 0 saturated carbocycles. The Morgan fingerprint density at radius 2 is 1.71 bits per heavy atom. The molecule has 1 heterocycles. The summed E-state index contributed by atoms with van der Waals surface area (Å²) in [5.41, 5.74) is 3.71. The van der Waals surface area contributed by atoms with Gasteiger partial charge in [0, 0.05) is 37.7 Å². The Kier molecular flexibility index (Phi) is 8.94. The van der Waals surface area contributed by atoms with Gasteiger partial charge in [0.25, 0.3) is 15.9 Å². The fourth-order valence-corrected chi connectivity index (χ4v) is 5.03. The van der Waals surface area contributed by atoms with E-state index in [1.165, 1.54) is 32.4 Å².